The summed E-state index contributed by atoms with van der Waals surface area (Å²) in [5.74, 6) is 0.882. The molecule has 40 heavy (non-hydrogen) atoms. The minimum atomic E-state index is -2.14. The Balaban J connectivity index is 0.00000370. The molecule has 4 nitrogen and oxygen atoms in total. The van der Waals surface area contributed by atoms with Crippen LogP contribution in [0.25, 0.3) is 0 Å². The van der Waals surface area contributed by atoms with Gasteiger partial charge in [0.2, 0.25) is 0 Å². The number of aromatic nitrogens is 1. The minimum absolute atomic E-state index is 0. The second-order valence-corrected chi connectivity index (χ2v) is 14.2. The summed E-state index contributed by atoms with van der Waals surface area (Å²) in [5, 5.41) is 9.25. The number of thiazole rings is 1. The van der Waals surface area contributed by atoms with Gasteiger partial charge in [0.05, 0.1) is 12.8 Å². The van der Waals surface area contributed by atoms with Gasteiger partial charge in [-0.05, 0) is 66.1 Å². The molecule has 0 unspecified atom stereocenters. The predicted octanol–water partition coefficient (Wildman–Crippen LogP) is 3.93. The molecule has 1 aromatic heterocycles. The molecule has 0 radical (unpaired) electrons. The monoisotopic (exact) mass is 630 g/mol. The van der Waals surface area contributed by atoms with Crippen molar-refractivity contribution in [1.82, 2.24) is 4.98 Å². The van der Waals surface area contributed by atoms with Gasteiger partial charge < -0.3 is 21.7 Å². The number of benzene rings is 4. The molecule has 4 aromatic carbocycles. The normalized spacial score (nSPS) is 11.1. The molecule has 7 heteroatoms. The number of amides is 1. The maximum Gasteiger partial charge on any atom is 0.257 e. The lowest BCUT2D eigenvalue weighted by molar-refractivity contribution is -0.0000157. The van der Waals surface area contributed by atoms with E-state index in [4.69, 9.17) is 4.74 Å². The number of rotatable bonds is 10. The minimum Gasteiger partial charge on any atom is -1.00 e. The third kappa shape index (κ3) is 6.87. The van der Waals surface area contributed by atoms with Crippen molar-refractivity contribution < 1.29 is 26.5 Å². The second kappa shape index (κ2) is 13.8. The Kier molecular flexibility index (Phi) is 10.3. The van der Waals surface area contributed by atoms with E-state index in [1.54, 1.807) is 6.20 Å². The molecule has 0 saturated carbocycles. The van der Waals surface area contributed by atoms with Crippen molar-refractivity contribution in [1.29, 1.82) is 0 Å². The second-order valence-electron chi connectivity index (χ2n) is 9.84. The summed E-state index contributed by atoms with van der Waals surface area (Å²) in [6.45, 7) is 4.82. The van der Waals surface area contributed by atoms with E-state index in [1.807, 2.05) is 17.5 Å². The van der Waals surface area contributed by atoms with Crippen molar-refractivity contribution in [2.45, 2.75) is 20.0 Å². The molecule has 0 bridgehead atoms. The summed E-state index contributed by atoms with van der Waals surface area (Å²) in [6, 6.07) is 38.3. The summed E-state index contributed by atoms with van der Waals surface area (Å²) < 4.78 is 6.19. The van der Waals surface area contributed by atoms with Crippen LogP contribution in [0.4, 0.5) is 5.13 Å². The number of hydrogen-bond acceptors (Lipinski definition) is 4. The van der Waals surface area contributed by atoms with Crippen LogP contribution in [0.15, 0.2) is 121 Å². The smallest absolute Gasteiger partial charge is 0.257 e. The average Bonchev–Trinajstić information content (AvgIpc) is 3.49. The summed E-state index contributed by atoms with van der Waals surface area (Å²) in [6.07, 6.45) is 2.44. The van der Waals surface area contributed by atoms with Crippen molar-refractivity contribution >= 4 is 45.6 Å². The molecule has 0 aliphatic rings. The van der Waals surface area contributed by atoms with Gasteiger partial charge in [-0.15, -0.1) is 11.3 Å². The lowest BCUT2D eigenvalue weighted by Gasteiger charge is -2.28. The van der Waals surface area contributed by atoms with Crippen LogP contribution in [0.5, 0.6) is 5.75 Å². The van der Waals surface area contributed by atoms with Crippen molar-refractivity contribution in [3.05, 3.63) is 132 Å². The molecular formula is C33H32BrN2O2PS. The molecule has 204 valence electrons. The maximum atomic E-state index is 13.3. The summed E-state index contributed by atoms with van der Waals surface area (Å²) in [4.78, 5) is 17.6. The molecule has 1 amide bonds. The fourth-order valence-corrected chi connectivity index (χ4v) is 9.47. The van der Waals surface area contributed by atoms with E-state index in [0.717, 1.165) is 11.7 Å². The number of anilines is 1. The topological polar surface area (TPSA) is 51.2 Å². The van der Waals surface area contributed by atoms with Gasteiger partial charge >= 0.3 is 0 Å². The van der Waals surface area contributed by atoms with Gasteiger partial charge in [-0.1, -0.05) is 68.4 Å². The van der Waals surface area contributed by atoms with Crippen LogP contribution in [0.2, 0.25) is 0 Å². The highest BCUT2D eigenvalue weighted by Gasteiger charge is 2.45. The maximum absolute atomic E-state index is 13.3. The van der Waals surface area contributed by atoms with E-state index >= 15 is 0 Å². The fraction of sp³-hybridized carbons (Fsp3) is 0.152. The predicted molar refractivity (Wildman–Crippen MR) is 166 cm³/mol. The Bertz CT molecular complexity index is 1400. The lowest BCUT2D eigenvalue weighted by atomic mass is 10.1. The molecule has 0 fully saturated rings. The van der Waals surface area contributed by atoms with Gasteiger partial charge in [0.25, 0.3) is 5.91 Å². The molecule has 1 N–H and O–H groups in total. The Labute approximate surface area is 251 Å². The number of nitrogens with zero attached hydrogens (tertiary/aromatic N) is 1. The fourth-order valence-electron chi connectivity index (χ4n) is 4.73. The first-order chi connectivity index (χ1) is 19.0. The van der Waals surface area contributed by atoms with E-state index in [-0.39, 0.29) is 22.9 Å². The van der Waals surface area contributed by atoms with E-state index in [0.29, 0.717) is 29.0 Å². The number of carbonyl (C=O) groups excluding carboxylic acids is 1. The standard InChI is InChI=1S/C33H31N2O2PS.BrH/c1-25(2)23-37-28-21-26(20-27(22-28)32(36)35-33-34-18-19-39-33)24-38(29-12-6-3-7-13-29,30-14-8-4-9-15-30)31-16-10-5-11-17-31;/h3-22,25H,23-24H2,1-2H3;1H. The molecule has 5 aromatic rings. The van der Waals surface area contributed by atoms with Crippen LogP contribution in [-0.2, 0) is 6.16 Å². The zero-order valence-corrected chi connectivity index (χ0v) is 25.8. The molecule has 0 aliphatic carbocycles. The number of carbonyl (C=O) groups is 1. The molecular weight excluding hydrogens is 599 g/mol. The zero-order valence-electron chi connectivity index (χ0n) is 22.5. The molecule has 5 rings (SSSR count). The van der Waals surface area contributed by atoms with E-state index < -0.39 is 7.26 Å². The van der Waals surface area contributed by atoms with Crippen LogP contribution in [0.3, 0.4) is 0 Å². The van der Waals surface area contributed by atoms with Crippen molar-refractivity contribution in [2.24, 2.45) is 5.92 Å². The van der Waals surface area contributed by atoms with Gasteiger partial charge in [0.1, 0.15) is 28.9 Å². The third-order valence-electron chi connectivity index (χ3n) is 6.48. The van der Waals surface area contributed by atoms with Gasteiger partial charge in [-0.2, -0.15) is 0 Å². The Morgan fingerprint density at radius 3 is 1.88 bits per heavy atom. The van der Waals surface area contributed by atoms with E-state index in [2.05, 4.69) is 121 Å². The summed E-state index contributed by atoms with van der Waals surface area (Å²) in [5.41, 5.74) is 1.62. The van der Waals surface area contributed by atoms with Crippen LogP contribution < -0.4 is 42.9 Å². The molecule has 0 atom stereocenters. The summed E-state index contributed by atoms with van der Waals surface area (Å²) in [7, 11) is -2.14. The highest BCUT2D eigenvalue weighted by molar-refractivity contribution is 7.95. The van der Waals surface area contributed by atoms with E-state index in [1.165, 1.54) is 27.3 Å². The molecule has 0 saturated heterocycles. The number of halogens is 1. The SMILES string of the molecule is CC(C)COc1cc(C[P+](c2ccccc2)(c2ccccc2)c2ccccc2)cc(C(=O)Nc2nccs2)c1.[Br-]. The Morgan fingerprint density at radius 1 is 0.850 bits per heavy atom. The zero-order chi connectivity index (χ0) is 27.1. The quantitative estimate of drug-likeness (QED) is 0.238. The Morgan fingerprint density at radius 2 is 1.40 bits per heavy atom. The van der Waals surface area contributed by atoms with Crippen LogP contribution in [0, 0.1) is 5.92 Å². The highest BCUT2D eigenvalue weighted by Crippen LogP contribution is 2.58. The van der Waals surface area contributed by atoms with Crippen LogP contribution >= 0.6 is 18.6 Å². The van der Waals surface area contributed by atoms with Crippen molar-refractivity contribution in [2.75, 3.05) is 11.9 Å². The van der Waals surface area contributed by atoms with Gasteiger partial charge in [0, 0.05) is 17.1 Å². The summed E-state index contributed by atoms with van der Waals surface area (Å²) >= 11 is 1.40. The van der Waals surface area contributed by atoms with Crippen LogP contribution in [-0.4, -0.2) is 17.5 Å². The first-order valence-electron chi connectivity index (χ1n) is 13.1. The number of hydrogen-bond donors (Lipinski definition) is 1. The third-order valence-corrected chi connectivity index (χ3v) is 11.5. The first-order valence-corrected chi connectivity index (χ1v) is 15.9. The van der Waals surface area contributed by atoms with Gasteiger partial charge in [-0.25, -0.2) is 4.98 Å². The van der Waals surface area contributed by atoms with Crippen molar-refractivity contribution in [3.8, 4) is 5.75 Å². The molecule has 0 spiro atoms. The van der Waals surface area contributed by atoms with Gasteiger partial charge in [-0.3, -0.25) is 10.1 Å². The van der Waals surface area contributed by atoms with Crippen molar-refractivity contribution in [3.63, 3.8) is 0 Å². The highest BCUT2D eigenvalue weighted by atomic mass is 79.9. The van der Waals surface area contributed by atoms with E-state index in [9.17, 15) is 4.79 Å². The number of nitrogens with one attached hydrogen (secondary N) is 1. The lowest BCUT2D eigenvalue weighted by Crippen LogP contribution is -3.00. The Hall–Kier alpha value is -3.31. The first kappa shape index (κ1) is 29.7. The average molecular weight is 632 g/mol. The largest absolute Gasteiger partial charge is 1.00 e. The molecule has 0 aliphatic heterocycles. The number of ether oxygens (including phenoxy) is 1. The van der Waals surface area contributed by atoms with Gasteiger partial charge in [0.15, 0.2) is 5.13 Å². The van der Waals surface area contributed by atoms with Crippen LogP contribution in [0.1, 0.15) is 29.8 Å². The molecule has 1 heterocycles.